The van der Waals surface area contributed by atoms with Crippen LogP contribution in [-0.4, -0.2) is 47.7 Å². The van der Waals surface area contributed by atoms with Crippen molar-refractivity contribution in [2.45, 2.75) is 63.9 Å². The molecule has 2 fully saturated rings. The normalized spacial score (nSPS) is 27.2. The van der Waals surface area contributed by atoms with Crippen LogP contribution in [0.15, 0.2) is 0 Å². The van der Waals surface area contributed by atoms with Crippen molar-refractivity contribution in [1.29, 1.82) is 0 Å². The zero-order valence-corrected chi connectivity index (χ0v) is 12.9. The second kappa shape index (κ2) is 7.41. The van der Waals surface area contributed by atoms with Gasteiger partial charge in [-0.2, -0.15) is 0 Å². The van der Waals surface area contributed by atoms with Gasteiger partial charge in [0.05, 0.1) is 12.0 Å². The summed E-state index contributed by atoms with van der Waals surface area (Å²) in [5, 5.41) is 13.3. The molecule has 1 amide bonds. The van der Waals surface area contributed by atoms with Gasteiger partial charge in [0, 0.05) is 19.6 Å². The molecule has 0 bridgehead atoms. The van der Waals surface area contributed by atoms with Crippen LogP contribution in [0.25, 0.3) is 0 Å². The number of hydrogen-bond donors (Lipinski definition) is 2. The summed E-state index contributed by atoms with van der Waals surface area (Å²) in [6.45, 7) is 6.25. The molecule has 1 aliphatic heterocycles. The second-order valence-electron chi connectivity index (χ2n) is 6.86. The van der Waals surface area contributed by atoms with Gasteiger partial charge in [-0.1, -0.05) is 26.2 Å². The molecule has 0 spiro atoms. The van der Waals surface area contributed by atoms with Crippen molar-refractivity contribution in [3.8, 4) is 0 Å². The first-order valence-electron chi connectivity index (χ1n) is 8.29. The third kappa shape index (κ3) is 5.06. The summed E-state index contributed by atoms with van der Waals surface area (Å²) < 4.78 is 0. The maximum atomic E-state index is 11.9. The lowest BCUT2D eigenvalue weighted by atomic mass is 9.82. The Kier molecular flexibility index (Phi) is 5.85. The molecule has 1 unspecified atom stereocenters. The van der Waals surface area contributed by atoms with Crippen LogP contribution in [0, 0.1) is 5.92 Å². The van der Waals surface area contributed by atoms with Crippen molar-refractivity contribution in [2.75, 3.05) is 26.2 Å². The fourth-order valence-electron chi connectivity index (χ4n) is 3.59. The first kappa shape index (κ1) is 15.8. The van der Waals surface area contributed by atoms with Crippen molar-refractivity contribution in [3.05, 3.63) is 0 Å². The van der Waals surface area contributed by atoms with E-state index < -0.39 is 5.60 Å². The molecule has 4 heteroatoms. The molecule has 2 N–H and O–H groups in total. The Balaban J connectivity index is 1.62. The van der Waals surface area contributed by atoms with Crippen molar-refractivity contribution in [1.82, 2.24) is 10.2 Å². The number of nitrogens with zero attached hydrogens (tertiary/aromatic N) is 1. The van der Waals surface area contributed by atoms with Crippen LogP contribution in [0.4, 0.5) is 0 Å². The highest BCUT2D eigenvalue weighted by Gasteiger charge is 2.31. The highest BCUT2D eigenvalue weighted by atomic mass is 16.3. The molecule has 2 rings (SSSR count). The first-order valence-corrected chi connectivity index (χ1v) is 8.29. The molecule has 2 aliphatic rings. The Morgan fingerprint density at radius 1 is 1.30 bits per heavy atom. The Morgan fingerprint density at radius 2 is 2.05 bits per heavy atom. The number of likely N-dealkylation sites (tertiary alicyclic amines) is 1. The van der Waals surface area contributed by atoms with Crippen LogP contribution in [-0.2, 0) is 4.79 Å². The Morgan fingerprint density at radius 3 is 2.75 bits per heavy atom. The van der Waals surface area contributed by atoms with E-state index in [4.69, 9.17) is 0 Å². The minimum absolute atomic E-state index is 0.0134. The number of aliphatic hydroxyl groups is 1. The fourth-order valence-corrected chi connectivity index (χ4v) is 3.59. The van der Waals surface area contributed by atoms with Gasteiger partial charge in [-0.05, 0) is 38.1 Å². The molecule has 0 radical (unpaired) electrons. The molecule has 1 saturated carbocycles. The number of rotatable bonds is 5. The van der Waals surface area contributed by atoms with Crippen LogP contribution in [0.3, 0.4) is 0 Å². The van der Waals surface area contributed by atoms with Gasteiger partial charge in [-0.15, -0.1) is 0 Å². The summed E-state index contributed by atoms with van der Waals surface area (Å²) in [7, 11) is 0. The van der Waals surface area contributed by atoms with E-state index in [1.807, 2.05) is 0 Å². The van der Waals surface area contributed by atoms with E-state index in [1.165, 1.54) is 19.3 Å². The van der Waals surface area contributed by atoms with Crippen molar-refractivity contribution in [2.24, 2.45) is 5.92 Å². The SMILES string of the molecule is CC1CCCN(CCNC(=O)CC2(O)CCCCC2)C1. The van der Waals surface area contributed by atoms with Crippen molar-refractivity contribution >= 4 is 5.91 Å². The minimum Gasteiger partial charge on any atom is -0.389 e. The average molecular weight is 282 g/mol. The molecule has 116 valence electrons. The van der Waals surface area contributed by atoms with Crippen LogP contribution >= 0.6 is 0 Å². The van der Waals surface area contributed by atoms with E-state index >= 15 is 0 Å². The second-order valence-corrected chi connectivity index (χ2v) is 6.86. The quantitative estimate of drug-likeness (QED) is 0.810. The molecule has 0 aromatic heterocycles. The first-order chi connectivity index (χ1) is 9.57. The van der Waals surface area contributed by atoms with E-state index in [1.54, 1.807) is 0 Å². The zero-order valence-electron chi connectivity index (χ0n) is 12.9. The maximum absolute atomic E-state index is 11.9. The zero-order chi connectivity index (χ0) is 14.4. The van der Waals surface area contributed by atoms with Crippen LogP contribution in [0.2, 0.25) is 0 Å². The van der Waals surface area contributed by atoms with Gasteiger partial charge in [0.2, 0.25) is 5.91 Å². The molecular weight excluding hydrogens is 252 g/mol. The monoisotopic (exact) mass is 282 g/mol. The maximum Gasteiger partial charge on any atom is 0.222 e. The van der Waals surface area contributed by atoms with Gasteiger partial charge in [-0.3, -0.25) is 4.79 Å². The predicted molar refractivity (Wildman–Crippen MR) is 80.5 cm³/mol. The van der Waals surface area contributed by atoms with E-state index in [0.717, 1.165) is 51.2 Å². The van der Waals surface area contributed by atoms with Gasteiger partial charge in [0.25, 0.3) is 0 Å². The van der Waals surface area contributed by atoms with Gasteiger partial charge in [-0.25, -0.2) is 0 Å². The lowest BCUT2D eigenvalue weighted by Gasteiger charge is -2.32. The molecule has 1 saturated heterocycles. The number of piperidine rings is 1. The van der Waals surface area contributed by atoms with Crippen molar-refractivity contribution in [3.63, 3.8) is 0 Å². The number of nitrogens with one attached hydrogen (secondary N) is 1. The number of carbonyl (C=O) groups excluding carboxylic acids is 1. The van der Waals surface area contributed by atoms with E-state index in [2.05, 4.69) is 17.1 Å². The summed E-state index contributed by atoms with van der Waals surface area (Å²) in [4.78, 5) is 14.4. The number of carbonyl (C=O) groups is 1. The smallest absolute Gasteiger partial charge is 0.222 e. The minimum atomic E-state index is -0.734. The van der Waals surface area contributed by atoms with E-state index in [-0.39, 0.29) is 12.3 Å². The van der Waals surface area contributed by atoms with Gasteiger partial charge in [0.15, 0.2) is 0 Å². The molecule has 0 aromatic rings. The Hall–Kier alpha value is -0.610. The fraction of sp³-hybridized carbons (Fsp3) is 0.938. The summed E-state index contributed by atoms with van der Waals surface area (Å²) in [6, 6.07) is 0. The highest BCUT2D eigenvalue weighted by molar-refractivity contribution is 5.77. The predicted octanol–water partition coefficient (Wildman–Crippen LogP) is 1.92. The lowest BCUT2D eigenvalue weighted by molar-refractivity contribution is -0.127. The summed E-state index contributed by atoms with van der Waals surface area (Å²) in [5.41, 5.74) is -0.734. The summed E-state index contributed by atoms with van der Waals surface area (Å²) >= 11 is 0. The number of hydrogen-bond acceptors (Lipinski definition) is 3. The Bertz CT molecular complexity index is 314. The Labute approximate surface area is 122 Å². The third-order valence-electron chi connectivity index (χ3n) is 4.77. The molecule has 1 atom stereocenters. The van der Waals surface area contributed by atoms with Crippen LogP contribution in [0.1, 0.15) is 58.3 Å². The topological polar surface area (TPSA) is 52.6 Å². The molecular formula is C16H30N2O2. The van der Waals surface area contributed by atoms with E-state index in [9.17, 15) is 9.90 Å². The molecule has 20 heavy (non-hydrogen) atoms. The lowest BCUT2D eigenvalue weighted by Crippen LogP contribution is -2.42. The third-order valence-corrected chi connectivity index (χ3v) is 4.77. The van der Waals surface area contributed by atoms with E-state index in [0.29, 0.717) is 6.54 Å². The number of amides is 1. The molecule has 4 nitrogen and oxygen atoms in total. The van der Waals surface area contributed by atoms with Gasteiger partial charge < -0.3 is 15.3 Å². The average Bonchev–Trinajstić information content (AvgIpc) is 2.39. The van der Waals surface area contributed by atoms with Gasteiger partial charge in [0.1, 0.15) is 0 Å². The summed E-state index contributed by atoms with van der Waals surface area (Å²) in [5.74, 6) is 0.793. The van der Waals surface area contributed by atoms with Crippen molar-refractivity contribution < 1.29 is 9.90 Å². The molecule has 1 heterocycles. The largest absolute Gasteiger partial charge is 0.389 e. The summed E-state index contributed by atoms with van der Waals surface area (Å²) in [6.07, 6.45) is 7.74. The highest BCUT2D eigenvalue weighted by Crippen LogP contribution is 2.30. The standard InChI is InChI=1S/C16H30N2O2/c1-14-6-5-10-18(13-14)11-9-17-15(19)12-16(20)7-3-2-4-8-16/h14,20H,2-13H2,1H3,(H,17,19). The molecule has 1 aliphatic carbocycles. The van der Waals surface area contributed by atoms with Gasteiger partial charge >= 0.3 is 0 Å². The molecule has 0 aromatic carbocycles. The van der Waals surface area contributed by atoms with Crippen LogP contribution < -0.4 is 5.32 Å². The van der Waals surface area contributed by atoms with Crippen LogP contribution in [0.5, 0.6) is 0 Å².